The minimum Gasteiger partial charge on any atom is -0.533 e. The van der Waals surface area contributed by atoms with Gasteiger partial charge in [-0.15, -0.1) is 0 Å². The second-order valence-electron chi connectivity index (χ2n) is 1.81. The molecule has 0 N–H and O–H groups in total. The average molecular weight is 126 g/mol. The molecular formula is C6H11BO2. The molecule has 0 atom stereocenters. The molecule has 0 amide bonds. The van der Waals surface area contributed by atoms with Crippen molar-refractivity contribution in [3.05, 3.63) is 24.7 Å². The van der Waals surface area contributed by atoms with E-state index < -0.39 is 0 Å². The fourth-order valence-corrected chi connectivity index (χ4v) is 0.231. The fraction of sp³-hybridized carbons (Fsp3) is 0.333. The first-order valence-corrected chi connectivity index (χ1v) is 2.69. The number of allylic oxidation sites excluding steroid dienone is 2. The lowest BCUT2D eigenvalue weighted by molar-refractivity contribution is 0.328. The van der Waals surface area contributed by atoms with Crippen LogP contribution in [0.25, 0.3) is 0 Å². The van der Waals surface area contributed by atoms with Gasteiger partial charge in [-0.1, -0.05) is 13.2 Å². The van der Waals surface area contributed by atoms with Crippen molar-refractivity contribution >= 4 is 7.69 Å². The van der Waals surface area contributed by atoms with Crippen LogP contribution in [-0.2, 0) is 9.31 Å². The van der Waals surface area contributed by atoms with E-state index in [1.165, 1.54) is 0 Å². The predicted octanol–water partition coefficient (Wildman–Crippen LogP) is 1.35. The molecule has 9 heavy (non-hydrogen) atoms. The maximum absolute atomic E-state index is 4.88. The largest absolute Gasteiger partial charge is 0.576 e. The molecule has 0 aliphatic carbocycles. The Balaban J connectivity index is 3.10. The first kappa shape index (κ1) is 8.14. The van der Waals surface area contributed by atoms with Crippen LogP contribution in [0.2, 0.25) is 0 Å². The standard InChI is InChI=1S/C6H11BO2/c1-5(2)8-7-9-6(3)4/h7H,1,3H2,2,4H3. The molecule has 0 unspecified atom stereocenters. The van der Waals surface area contributed by atoms with E-state index in [1.54, 1.807) is 13.8 Å². The highest BCUT2D eigenvalue weighted by Gasteiger charge is 1.91. The summed E-state index contributed by atoms with van der Waals surface area (Å²) in [7, 11) is 0.213. The van der Waals surface area contributed by atoms with Gasteiger partial charge in [-0.05, 0) is 13.8 Å². The van der Waals surface area contributed by atoms with E-state index in [1.807, 2.05) is 0 Å². The van der Waals surface area contributed by atoms with Gasteiger partial charge < -0.3 is 9.31 Å². The van der Waals surface area contributed by atoms with Crippen molar-refractivity contribution in [1.29, 1.82) is 0 Å². The van der Waals surface area contributed by atoms with Crippen LogP contribution in [0, 0.1) is 0 Å². The second kappa shape index (κ2) is 4.07. The molecule has 0 saturated carbocycles. The van der Waals surface area contributed by atoms with Gasteiger partial charge in [0.2, 0.25) is 0 Å². The molecule has 50 valence electrons. The van der Waals surface area contributed by atoms with E-state index >= 15 is 0 Å². The maximum atomic E-state index is 4.88. The zero-order valence-electron chi connectivity index (χ0n) is 5.94. The van der Waals surface area contributed by atoms with Gasteiger partial charge in [-0.3, -0.25) is 0 Å². The predicted molar refractivity (Wildman–Crippen MR) is 38.9 cm³/mol. The van der Waals surface area contributed by atoms with Crippen LogP contribution in [-0.4, -0.2) is 7.69 Å². The third kappa shape index (κ3) is 7.14. The summed E-state index contributed by atoms with van der Waals surface area (Å²) in [6.45, 7) is 10.6. The van der Waals surface area contributed by atoms with Crippen molar-refractivity contribution < 1.29 is 9.31 Å². The van der Waals surface area contributed by atoms with E-state index in [0.717, 1.165) is 0 Å². The van der Waals surface area contributed by atoms with Crippen LogP contribution in [0.3, 0.4) is 0 Å². The molecule has 0 saturated heterocycles. The molecule has 0 aromatic heterocycles. The molecule has 0 spiro atoms. The molecule has 0 aliphatic heterocycles. The summed E-state index contributed by atoms with van der Waals surface area (Å²) in [5, 5.41) is 0. The van der Waals surface area contributed by atoms with Crippen LogP contribution in [0.5, 0.6) is 0 Å². The number of rotatable bonds is 4. The SMILES string of the molecule is C=C(C)OBOC(=C)C. The van der Waals surface area contributed by atoms with Crippen LogP contribution in [0.4, 0.5) is 0 Å². The van der Waals surface area contributed by atoms with Gasteiger partial charge in [0.25, 0.3) is 0 Å². The van der Waals surface area contributed by atoms with Gasteiger partial charge in [-0.2, -0.15) is 0 Å². The van der Waals surface area contributed by atoms with Gasteiger partial charge in [0.15, 0.2) is 0 Å². The van der Waals surface area contributed by atoms with Crippen molar-refractivity contribution in [2.24, 2.45) is 0 Å². The minimum absolute atomic E-state index is 0.213. The number of hydrogen-bond donors (Lipinski definition) is 0. The first-order chi connectivity index (χ1) is 4.13. The number of hydrogen-bond acceptors (Lipinski definition) is 2. The summed E-state index contributed by atoms with van der Waals surface area (Å²) in [6, 6.07) is 0. The summed E-state index contributed by atoms with van der Waals surface area (Å²) in [5.74, 6) is 1.30. The fourth-order valence-electron chi connectivity index (χ4n) is 0.231. The Morgan fingerprint density at radius 3 is 1.67 bits per heavy atom. The average Bonchev–Trinajstić information content (AvgIpc) is 1.63. The topological polar surface area (TPSA) is 18.5 Å². The molecule has 0 bridgehead atoms. The summed E-state index contributed by atoms with van der Waals surface area (Å²) in [5.41, 5.74) is 0. The van der Waals surface area contributed by atoms with Gasteiger partial charge in [-0.25, -0.2) is 0 Å². The highest BCUT2D eigenvalue weighted by atomic mass is 16.6. The summed E-state index contributed by atoms with van der Waals surface area (Å²) in [6.07, 6.45) is 0. The lowest BCUT2D eigenvalue weighted by Crippen LogP contribution is -1.99. The summed E-state index contributed by atoms with van der Waals surface area (Å²) < 4.78 is 9.75. The third-order valence-corrected chi connectivity index (χ3v) is 0.611. The van der Waals surface area contributed by atoms with Crippen molar-refractivity contribution in [2.45, 2.75) is 13.8 Å². The Hall–Kier alpha value is -0.855. The molecular weight excluding hydrogens is 115 g/mol. The highest BCUT2D eigenvalue weighted by Crippen LogP contribution is 1.92. The Kier molecular flexibility index (Phi) is 3.68. The van der Waals surface area contributed by atoms with Crippen molar-refractivity contribution in [3.63, 3.8) is 0 Å². The molecule has 0 fully saturated rings. The van der Waals surface area contributed by atoms with E-state index in [0.29, 0.717) is 11.5 Å². The summed E-state index contributed by atoms with van der Waals surface area (Å²) in [4.78, 5) is 0. The quantitative estimate of drug-likeness (QED) is 0.418. The Morgan fingerprint density at radius 2 is 1.44 bits per heavy atom. The molecule has 0 aliphatic rings. The van der Waals surface area contributed by atoms with Gasteiger partial charge >= 0.3 is 7.69 Å². The lowest BCUT2D eigenvalue weighted by atomic mass is 10.4. The molecule has 0 aromatic rings. The smallest absolute Gasteiger partial charge is 0.533 e. The third-order valence-electron chi connectivity index (χ3n) is 0.611. The van der Waals surface area contributed by atoms with Crippen LogP contribution < -0.4 is 0 Å². The molecule has 3 heteroatoms. The first-order valence-electron chi connectivity index (χ1n) is 2.69. The van der Waals surface area contributed by atoms with E-state index in [9.17, 15) is 0 Å². The van der Waals surface area contributed by atoms with Gasteiger partial charge in [0.1, 0.15) is 0 Å². The summed E-state index contributed by atoms with van der Waals surface area (Å²) >= 11 is 0. The van der Waals surface area contributed by atoms with Gasteiger partial charge in [0, 0.05) is 0 Å². The Labute approximate surface area is 56.5 Å². The Morgan fingerprint density at radius 1 is 1.11 bits per heavy atom. The Bertz CT molecular complexity index is 106. The van der Waals surface area contributed by atoms with Crippen LogP contribution in [0.15, 0.2) is 24.7 Å². The molecule has 0 radical (unpaired) electrons. The monoisotopic (exact) mass is 126 g/mol. The molecule has 0 rings (SSSR count). The van der Waals surface area contributed by atoms with E-state index in [4.69, 9.17) is 9.31 Å². The normalized spacial score (nSPS) is 7.78. The maximum Gasteiger partial charge on any atom is 0.576 e. The van der Waals surface area contributed by atoms with Crippen LogP contribution >= 0.6 is 0 Å². The van der Waals surface area contributed by atoms with Crippen LogP contribution in [0.1, 0.15) is 13.8 Å². The second-order valence-corrected chi connectivity index (χ2v) is 1.81. The van der Waals surface area contributed by atoms with Crippen molar-refractivity contribution in [3.8, 4) is 0 Å². The lowest BCUT2D eigenvalue weighted by Gasteiger charge is -2.03. The van der Waals surface area contributed by atoms with Gasteiger partial charge in [0.05, 0.1) is 11.5 Å². The highest BCUT2D eigenvalue weighted by molar-refractivity contribution is 6.19. The minimum atomic E-state index is 0.213. The van der Waals surface area contributed by atoms with Crippen molar-refractivity contribution in [2.75, 3.05) is 0 Å². The van der Waals surface area contributed by atoms with E-state index in [-0.39, 0.29) is 7.69 Å². The molecule has 2 nitrogen and oxygen atoms in total. The molecule has 0 aromatic carbocycles. The van der Waals surface area contributed by atoms with Crippen molar-refractivity contribution in [1.82, 2.24) is 0 Å². The zero-order valence-corrected chi connectivity index (χ0v) is 5.94. The van der Waals surface area contributed by atoms with E-state index in [2.05, 4.69) is 13.2 Å². The zero-order chi connectivity index (χ0) is 7.28. The molecule has 0 heterocycles.